The molecule has 0 fully saturated rings. The molecule has 4 nitrogen and oxygen atoms in total. The first-order valence-electron chi connectivity index (χ1n) is 9.71. The molecule has 0 aliphatic carbocycles. The molecule has 1 aromatic heterocycles. The molecule has 0 unspecified atom stereocenters. The summed E-state index contributed by atoms with van der Waals surface area (Å²) in [5.41, 5.74) is 2.21. The topological polar surface area (TPSA) is 42.7 Å². The van der Waals surface area contributed by atoms with Crippen molar-refractivity contribution in [1.29, 1.82) is 0 Å². The Labute approximate surface area is 166 Å². The summed E-state index contributed by atoms with van der Waals surface area (Å²) in [5, 5.41) is 0. The molecule has 28 heavy (non-hydrogen) atoms. The maximum absolute atomic E-state index is 12.6. The van der Waals surface area contributed by atoms with E-state index in [1.807, 2.05) is 60.4 Å². The van der Waals surface area contributed by atoms with Gasteiger partial charge in [-0.05, 0) is 30.2 Å². The van der Waals surface area contributed by atoms with Gasteiger partial charge in [0.25, 0.3) is 0 Å². The third-order valence-corrected chi connectivity index (χ3v) is 4.96. The molecular weight excluding hydrogens is 350 g/mol. The fourth-order valence-corrected chi connectivity index (χ4v) is 3.50. The molecule has 0 bridgehead atoms. The molecule has 3 aromatic rings. The van der Waals surface area contributed by atoms with Crippen molar-refractivity contribution in [1.82, 2.24) is 4.90 Å². The first kappa shape index (κ1) is 19.7. The van der Waals surface area contributed by atoms with Crippen LogP contribution < -0.4 is 4.74 Å². The van der Waals surface area contributed by atoms with Crippen molar-refractivity contribution in [2.45, 2.75) is 32.2 Å². The Hall–Kier alpha value is -3.01. The fraction of sp³-hybridized carbons (Fsp3) is 0.292. The van der Waals surface area contributed by atoms with Gasteiger partial charge in [0.05, 0.1) is 13.4 Å². The molecule has 0 radical (unpaired) electrons. The van der Waals surface area contributed by atoms with Gasteiger partial charge < -0.3 is 14.1 Å². The van der Waals surface area contributed by atoms with Gasteiger partial charge in [0, 0.05) is 31.0 Å². The van der Waals surface area contributed by atoms with Crippen molar-refractivity contribution in [2.75, 3.05) is 13.7 Å². The van der Waals surface area contributed by atoms with Crippen LogP contribution >= 0.6 is 0 Å². The van der Waals surface area contributed by atoms with E-state index in [1.54, 1.807) is 13.4 Å². The summed E-state index contributed by atoms with van der Waals surface area (Å²) in [7, 11) is 1.68. The Bertz CT molecular complexity index is 859. The minimum atomic E-state index is 0.0223. The monoisotopic (exact) mass is 377 g/mol. The Morgan fingerprint density at radius 3 is 2.46 bits per heavy atom. The summed E-state index contributed by atoms with van der Waals surface area (Å²) in [6.45, 7) is 3.17. The van der Waals surface area contributed by atoms with Gasteiger partial charge in [0.15, 0.2) is 0 Å². The van der Waals surface area contributed by atoms with Crippen LogP contribution in [0.3, 0.4) is 0 Å². The van der Waals surface area contributed by atoms with Crippen LogP contribution in [0.4, 0.5) is 0 Å². The van der Waals surface area contributed by atoms with Crippen molar-refractivity contribution in [2.24, 2.45) is 0 Å². The second-order valence-corrected chi connectivity index (χ2v) is 6.75. The lowest BCUT2D eigenvalue weighted by atomic mass is 9.92. The summed E-state index contributed by atoms with van der Waals surface area (Å²) in [4.78, 5) is 14.5. The second-order valence-electron chi connectivity index (χ2n) is 6.75. The quantitative estimate of drug-likeness (QED) is 0.511. The van der Waals surface area contributed by atoms with Crippen molar-refractivity contribution >= 4 is 5.91 Å². The van der Waals surface area contributed by atoms with Crippen molar-refractivity contribution in [3.8, 4) is 5.75 Å². The average molecular weight is 377 g/mol. The lowest BCUT2D eigenvalue weighted by Gasteiger charge is -2.25. The molecule has 0 spiro atoms. The number of rotatable bonds is 9. The van der Waals surface area contributed by atoms with Crippen LogP contribution in [-0.2, 0) is 11.3 Å². The van der Waals surface area contributed by atoms with Crippen LogP contribution in [0.5, 0.6) is 5.75 Å². The first-order chi connectivity index (χ1) is 13.7. The minimum absolute atomic E-state index is 0.0223. The highest BCUT2D eigenvalue weighted by atomic mass is 16.5. The van der Waals surface area contributed by atoms with E-state index in [0.29, 0.717) is 19.5 Å². The standard InChI is InChI=1S/C24H27NO3/c1-3-24(26)25(18-19-10-5-4-6-11-19)16-15-21(23-14-9-17-28-23)20-12-7-8-13-22(20)27-2/h4-14,17,21H,3,15-16,18H2,1-2H3/t21-/m1/s1. The summed E-state index contributed by atoms with van der Waals surface area (Å²) in [6.07, 6.45) is 2.94. The third kappa shape index (κ3) is 4.83. The molecule has 2 aromatic carbocycles. The number of para-hydroxylation sites is 1. The normalized spacial score (nSPS) is 11.8. The Kier molecular flexibility index (Phi) is 6.90. The van der Waals surface area contributed by atoms with E-state index in [9.17, 15) is 4.79 Å². The summed E-state index contributed by atoms with van der Waals surface area (Å²) in [6, 6.07) is 22.0. The van der Waals surface area contributed by atoms with Gasteiger partial charge in [0.1, 0.15) is 11.5 Å². The summed E-state index contributed by atoms with van der Waals surface area (Å²) in [5.74, 6) is 1.89. The zero-order chi connectivity index (χ0) is 19.8. The van der Waals surface area contributed by atoms with Gasteiger partial charge in [-0.3, -0.25) is 4.79 Å². The number of nitrogens with zero attached hydrogens (tertiary/aromatic N) is 1. The van der Waals surface area contributed by atoms with Gasteiger partial charge in [-0.2, -0.15) is 0 Å². The molecule has 0 N–H and O–H groups in total. The Morgan fingerprint density at radius 2 is 1.79 bits per heavy atom. The minimum Gasteiger partial charge on any atom is -0.496 e. The molecule has 0 saturated heterocycles. The van der Waals surface area contributed by atoms with Crippen LogP contribution in [0.25, 0.3) is 0 Å². The number of benzene rings is 2. The molecule has 4 heteroatoms. The van der Waals surface area contributed by atoms with E-state index in [2.05, 4.69) is 18.2 Å². The van der Waals surface area contributed by atoms with E-state index in [1.165, 1.54) is 0 Å². The number of methoxy groups -OCH3 is 1. The molecular formula is C24H27NO3. The summed E-state index contributed by atoms with van der Waals surface area (Å²) >= 11 is 0. The van der Waals surface area contributed by atoms with E-state index < -0.39 is 0 Å². The van der Waals surface area contributed by atoms with Gasteiger partial charge in [0.2, 0.25) is 5.91 Å². The molecule has 1 amide bonds. The van der Waals surface area contributed by atoms with E-state index >= 15 is 0 Å². The fourth-order valence-electron chi connectivity index (χ4n) is 3.50. The van der Waals surface area contributed by atoms with Gasteiger partial charge in [-0.1, -0.05) is 55.5 Å². The molecule has 0 aliphatic rings. The molecule has 3 rings (SSSR count). The number of carbonyl (C=O) groups is 1. The zero-order valence-corrected chi connectivity index (χ0v) is 16.5. The van der Waals surface area contributed by atoms with Gasteiger partial charge in [-0.25, -0.2) is 0 Å². The number of ether oxygens (including phenoxy) is 1. The number of hydrogen-bond acceptors (Lipinski definition) is 3. The number of carbonyl (C=O) groups excluding carboxylic acids is 1. The number of amides is 1. The van der Waals surface area contributed by atoms with E-state index in [0.717, 1.165) is 29.1 Å². The lowest BCUT2D eigenvalue weighted by molar-refractivity contribution is -0.131. The second kappa shape index (κ2) is 9.79. The molecule has 1 atom stereocenters. The van der Waals surface area contributed by atoms with Crippen LogP contribution in [0.1, 0.15) is 42.6 Å². The molecule has 0 aliphatic heterocycles. The smallest absolute Gasteiger partial charge is 0.222 e. The van der Waals surface area contributed by atoms with Crippen molar-refractivity contribution < 1.29 is 13.9 Å². The van der Waals surface area contributed by atoms with E-state index in [-0.39, 0.29) is 11.8 Å². The highest BCUT2D eigenvalue weighted by molar-refractivity contribution is 5.75. The number of furan rings is 1. The predicted molar refractivity (Wildman–Crippen MR) is 110 cm³/mol. The molecule has 1 heterocycles. The maximum atomic E-state index is 12.6. The van der Waals surface area contributed by atoms with Crippen molar-refractivity contribution in [3.05, 3.63) is 89.9 Å². The van der Waals surface area contributed by atoms with Crippen LogP contribution in [0, 0.1) is 0 Å². The highest BCUT2D eigenvalue weighted by Crippen LogP contribution is 2.34. The van der Waals surface area contributed by atoms with Crippen molar-refractivity contribution in [3.63, 3.8) is 0 Å². The number of hydrogen-bond donors (Lipinski definition) is 0. The van der Waals surface area contributed by atoms with Gasteiger partial charge >= 0.3 is 0 Å². The maximum Gasteiger partial charge on any atom is 0.222 e. The third-order valence-electron chi connectivity index (χ3n) is 4.96. The zero-order valence-electron chi connectivity index (χ0n) is 16.5. The largest absolute Gasteiger partial charge is 0.496 e. The van der Waals surface area contributed by atoms with E-state index in [4.69, 9.17) is 9.15 Å². The van der Waals surface area contributed by atoms with Crippen LogP contribution in [0.2, 0.25) is 0 Å². The molecule has 0 saturated carbocycles. The molecule has 146 valence electrons. The average Bonchev–Trinajstić information content (AvgIpc) is 3.28. The van der Waals surface area contributed by atoms with Crippen LogP contribution in [-0.4, -0.2) is 24.5 Å². The summed E-state index contributed by atoms with van der Waals surface area (Å²) < 4.78 is 11.3. The SMILES string of the molecule is CCC(=O)N(CC[C@@H](c1ccco1)c1ccccc1OC)Cc1ccccc1. The lowest BCUT2D eigenvalue weighted by Crippen LogP contribution is -2.31. The Morgan fingerprint density at radius 1 is 1.04 bits per heavy atom. The predicted octanol–water partition coefficient (Wildman–Crippen LogP) is 5.25. The van der Waals surface area contributed by atoms with Crippen LogP contribution in [0.15, 0.2) is 77.4 Å². The first-order valence-corrected chi connectivity index (χ1v) is 9.71. The highest BCUT2D eigenvalue weighted by Gasteiger charge is 2.23. The van der Waals surface area contributed by atoms with Gasteiger partial charge in [-0.15, -0.1) is 0 Å². The Balaban J connectivity index is 1.82.